The molecule has 0 N–H and O–H groups in total. The largest absolute Gasteiger partial charge is 0.497 e. The maximum Gasteiger partial charge on any atom is 0.223 e. The summed E-state index contributed by atoms with van der Waals surface area (Å²) >= 11 is 0. The molecule has 1 atom stereocenters. The number of carbonyl (C=O) groups is 1. The number of hydrogen-bond donors (Lipinski definition) is 0. The molecule has 1 aliphatic heterocycles. The Morgan fingerprint density at radius 3 is 2.57 bits per heavy atom. The van der Waals surface area contributed by atoms with E-state index in [0.29, 0.717) is 18.2 Å². The van der Waals surface area contributed by atoms with Crippen LogP contribution in [-0.4, -0.2) is 24.5 Å². The highest BCUT2D eigenvalue weighted by atomic mass is 16.5. The van der Waals surface area contributed by atoms with Crippen LogP contribution in [-0.2, 0) is 4.79 Å². The summed E-state index contributed by atoms with van der Waals surface area (Å²) in [5.74, 6) is 1.58. The van der Waals surface area contributed by atoms with Crippen LogP contribution in [0.4, 0.5) is 0 Å². The second-order valence-corrected chi connectivity index (χ2v) is 6.32. The molecule has 0 aliphatic carbocycles. The Morgan fingerprint density at radius 1 is 1.24 bits per heavy atom. The van der Waals surface area contributed by atoms with Gasteiger partial charge < -0.3 is 9.64 Å². The van der Waals surface area contributed by atoms with Gasteiger partial charge in [0.25, 0.3) is 0 Å². The Balaban J connectivity index is 2.19. The van der Waals surface area contributed by atoms with Crippen LogP contribution in [0.3, 0.4) is 0 Å². The number of methoxy groups -OCH3 is 1. The van der Waals surface area contributed by atoms with Gasteiger partial charge in [-0.25, -0.2) is 0 Å². The van der Waals surface area contributed by atoms with Gasteiger partial charge in [0.15, 0.2) is 0 Å². The molecule has 1 aliphatic rings. The van der Waals surface area contributed by atoms with Crippen molar-refractivity contribution >= 4 is 5.91 Å². The molecule has 1 saturated heterocycles. The van der Waals surface area contributed by atoms with Crippen molar-refractivity contribution < 1.29 is 9.53 Å². The van der Waals surface area contributed by atoms with Gasteiger partial charge in [0.2, 0.25) is 5.91 Å². The van der Waals surface area contributed by atoms with Crippen molar-refractivity contribution in [1.82, 2.24) is 4.90 Å². The third kappa shape index (κ3) is 4.23. The first-order chi connectivity index (χ1) is 10.1. The second kappa shape index (κ2) is 7.48. The molecule has 1 heterocycles. The van der Waals surface area contributed by atoms with Gasteiger partial charge in [0, 0.05) is 13.0 Å². The average molecular weight is 289 g/mol. The molecule has 3 nitrogen and oxygen atoms in total. The first-order valence-electron chi connectivity index (χ1n) is 8.05. The van der Waals surface area contributed by atoms with E-state index in [9.17, 15) is 4.79 Å². The van der Waals surface area contributed by atoms with E-state index in [0.717, 1.165) is 25.1 Å². The van der Waals surface area contributed by atoms with E-state index < -0.39 is 0 Å². The van der Waals surface area contributed by atoms with Crippen LogP contribution in [0, 0.1) is 5.92 Å². The lowest BCUT2D eigenvalue weighted by Crippen LogP contribution is -2.35. The SMILES string of the molecule is COc1ccc(C2CCCCCN2C(=O)CC(C)C)cc1. The van der Waals surface area contributed by atoms with Crippen molar-refractivity contribution in [3.63, 3.8) is 0 Å². The Bertz CT molecular complexity index is 453. The van der Waals surface area contributed by atoms with Gasteiger partial charge in [-0.05, 0) is 36.5 Å². The highest BCUT2D eigenvalue weighted by Gasteiger charge is 2.26. The second-order valence-electron chi connectivity index (χ2n) is 6.32. The number of ether oxygens (including phenoxy) is 1. The first kappa shape index (κ1) is 15.9. The smallest absolute Gasteiger partial charge is 0.223 e. The molecular weight excluding hydrogens is 262 g/mol. The zero-order chi connectivity index (χ0) is 15.2. The third-order valence-electron chi connectivity index (χ3n) is 4.16. The summed E-state index contributed by atoms with van der Waals surface area (Å²) in [6.45, 7) is 5.11. The summed E-state index contributed by atoms with van der Waals surface area (Å²) < 4.78 is 5.23. The van der Waals surface area contributed by atoms with E-state index >= 15 is 0 Å². The maximum absolute atomic E-state index is 12.6. The number of amides is 1. The lowest BCUT2D eigenvalue weighted by molar-refractivity contribution is -0.134. The summed E-state index contributed by atoms with van der Waals surface area (Å²) in [7, 11) is 1.68. The summed E-state index contributed by atoms with van der Waals surface area (Å²) in [5, 5.41) is 0. The fourth-order valence-corrected chi connectivity index (χ4v) is 3.05. The highest BCUT2D eigenvalue weighted by Crippen LogP contribution is 2.32. The minimum absolute atomic E-state index is 0.227. The average Bonchev–Trinajstić information content (AvgIpc) is 2.72. The molecule has 0 aromatic heterocycles. The molecule has 1 amide bonds. The van der Waals surface area contributed by atoms with E-state index in [1.807, 2.05) is 12.1 Å². The van der Waals surface area contributed by atoms with Crippen molar-refractivity contribution in [2.75, 3.05) is 13.7 Å². The molecule has 3 heteroatoms. The standard InChI is InChI=1S/C18H27NO2/c1-14(2)13-18(20)19-12-6-4-5-7-17(19)15-8-10-16(21-3)11-9-15/h8-11,14,17H,4-7,12-13H2,1-3H3. The Kier molecular flexibility index (Phi) is 5.66. The van der Waals surface area contributed by atoms with E-state index in [4.69, 9.17) is 4.74 Å². The maximum atomic E-state index is 12.6. The predicted octanol–water partition coefficient (Wildman–Crippen LogP) is 4.19. The summed E-state index contributed by atoms with van der Waals surface area (Å²) in [6.07, 6.45) is 5.25. The molecule has 2 rings (SSSR count). The van der Waals surface area contributed by atoms with E-state index in [2.05, 4.69) is 30.9 Å². The zero-order valence-corrected chi connectivity index (χ0v) is 13.5. The summed E-state index contributed by atoms with van der Waals surface area (Å²) in [4.78, 5) is 14.7. The van der Waals surface area contributed by atoms with Crippen molar-refractivity contribution in [2.45, 2.75) is 52.0 Å². The predicted molar refractivity (Wildman–Crippen MR) is 85.4 cm³/mol. The van der Waals surface area contributed by atoms with Gasteiger partial charge in [-0.1, -0.05) is 38.8 Å². The molecule has 0 spiro atoms. The van der Waals surface area contributed by atoms with Crippen molar-refractivity contribution in [1.29, 1.82) is 0 Å². The zero-order valence-electron chi connectivity index (χ0n) is 13.5. The van der Waals surface area contributed by atoms with Crippen LogP contribution >= 0.6 is 0 Å². The van der Waals surface area contributed by atoms with E-state index in [1.165, 1.54) is 18.4 Å². The van der Waals surface area contributed by atoms with Crippen LogP contribution in [0.5, 0.6) is 5.75 Å². The third-order valence-corrected chi connectivity index (χ3v) is 4.16. The number of likely N-dealkylation sites (tertiary alicyclic amines) is 1. The van der Waals surface area contributed by atoms with Gasteiger partial charge in [-0.2, -0.15) is 0 Å². The Hall–Kier alpha value is -1.51. The lowest BCUT2D eigenvalue weighted by Gasteiger charge is -2.31. The molecule has 21 heavy (non-hydrogen) atoms. The molecule has 0 bridgehead atoms. The molecular formula is C18H27NO2. The molecule has 1 unspecified atom stereocenters. The van der Waals surface area contributed by atoms with Crippen molar-refractivity contribution in [3.8, 4) is 5.75 Å². The van der Waals surface area contributed by atoms with Gasteiger partial charge in [0.1, 0.15) is 5.75 Å². The van der Waals surface area contributed by atoms with Gasteiger partial charge in [-0.15, -0.1) is 0 Å². The number of hydrogen-bond acceptors (Lipinski definition) is 2. The number of rotatable bonds is 4. The van der Waals surface area contributed by atoms with Crippen LogP contribution in [0.1, 0.15) is 57.6 Å². The normalized spacial score (nSPS) is 19.4. The fraction of sp³-hybridized carbons (Fsp3) is 0.611. The van der Waals surface area contributed by atoms with Crippen LogP contribution in [0.25, 0.3) is 0 Å². The van der Waals surface area contributed by atoms with Gasteiger partial charge in [0.05, 0.1) is 13.2 Å². The van der Waals surface area contributed by atoms with Crippen LogP contribution in [0.15, 0.2) is 24.3 Å². The number of benzene rings is 1. The molecule has 1 aromatic rings. The molecule has 1 aromatic carbocycles. The Morgan fingerprint density at radius 2 is 1.95 bits per heavy atom. The van der Waals surface area contributed by atoms with E-state index in [-0.39, 0.29) is 6.04 Å². The molecule has 116 valence electrons. The van der Waals surface area contributed by atoms with Crippen molar-refractivity contribution in [3.05, 3.63) is 29.8 Å². The van der Waals surface area contributed by atoms with Gasteiger partial charge in [-0.3, -0.25) is 4.79 Å². The summed E-state index contributed by atoms with van der Waals surface area (Å²) in [6, 6.07) is 8.41. The van der Waals surface area contributed by atoms with Gasteiger partial charge >= 0.3 is 0 Å². The minimum Gasteiger partial charge on any atom is -0.497 e. The Labute approximate surface area is 128 Å². The lowest BCUT2D eigenvalue weighted by atomic mass is 9.99. The van der Waals surface area contributed by atoms with E-state index in [1.54, 1.807) is 7.11 Å². The minimum atomic E-state index is 0.227. The van der Waals surface area contributed by atoms with Crippen LogP contribution < -0.4 is 4.74 Å². The van der Waals surface area contributed by atoms with Crippen molar-refractivity contribution in [2.24, 2.45) is 5.92 Å². The number of carbonyl (C=O) groups excluding carboxylic acids is 1. The highest BCUT2D eigenvalue weighted by molar-refractivity contribution is 5.77. The molecule has 1 fully saturated rings. The first-order valence-corrected chi connectivity index (χ1v) is 8.05. The summed E-state index contributed by atoms with van der Waals surface area (Å²) in [5.41, 5.74) is 1.23. The topological polar surface area (TPSA) is 29.5 Å². The van der Waals surface area contributed by atoms with Crippen LogP contribution in [0.2, 0.25) is 0 Å². The molecule has 0 saturated carbocycles. The fourth-order valence-electron chi connectivity index (χ4n) is 3.05. The quantitative estimate of drug-likeness (QED) is 0.832. The monoisotopic (exact) mass is 289 g/mol. The molecule has 0 radical (unpaired) electrons. The number of nitrogens with zero attached hydrogens (tertiary/aromatic N) is 1.